The summed E-state index contributed by atoms with van der Waals surface area (Å²) in [5.74, 6) is 0.262. The molecule has 0 saturated heterocycles. The Kier molecular flexibility index (Phi) is 5.70. The normalized spacial score (nSPS) is 21.0. The van der Waals surface area contributed by atoms with Gasteiger partial charge in [0.1, 0.15) is 5.82 Å². The Labute approximate surface area is 189 Å². The molecule has 0 saturated carbocycles. The summed E-state index contributed by atoms with van der Waals surface area (Å²) >= 11 is 5.04. The highest BCUT2D eigenvalue weighted by molar-refractivity contribution is 9.10. The second-order valence-corrected chi connectivity index (χ2v) is 11.3. The van der Waals surface area contributed by atoms with Crippen molar-refractivity contribution in [3.8, 4) is 0 Å². The number of Topliss-reactive ketones (excluding diaryl/α,β-unsaturated/α-hetero) is 1. The summed E-state index contributed by atoms with van der Waals surface area (Å²) in [5.41, 5.74) is 2.75. The van der Waals surface area contributed by atoms with Gasteiger partial charge in [-0.2, -0.15) is 0 Å². The number of aromatic nitrogens is 2. The molecule has 0 spiro atoms. The van der Waals surface area contributed by atoms with Gasteiger partial charge in [-0.05, 0) is 36.0 Å². The lowest BCUT2D eigenvalue weighted by Gasteiger charge is -2.38. The van der Waals surface area contributed by atoms with Crippen molar-refractivity contribution in [3.05, 3.63) is 61.5 Å². The van der Waals surface area contributed by atoms with Crippen LogP contribution in [-0.4, -0.2) is 21.0 Å². The fourth-order valence-electron chi connectivity index (χ4n) is 4.21. The van der Waals surface area contributed by atoms with Crippen LogP contribution in [-0.2, 0) is 4.79 Å². The summed E-state index contributed by atoms with van der Waals surface area (Å²) in [7, 11) is 0. The summed E-state index contributed by atoms with van der Waals surface area (Å²) in [6.45, 7) is 8.44. The number of H-pyrrole nitrogens is 1. The number of anilines is 1. The molecular weight excluding hydrogens is 462 g/mol. The number of carbonyl (C=O) groups excluding carboxylic acids is 1. The minimum Gasteiger partial charge on any atom is -0.343 e. The highest BCUT2D eigenvalue weighted by Gasteiger charge is 2.42. The number of fused-ring (bicyclic) bond motifs is 1. The van der Waals surface area contributed by atoms with Gasteiger partial charge in [0.25, 0.3) is 5.56 Å². The Balaban J connectivity index is 1.90. The molecule has 2 N–H and O–H groups in total. The van der Waals surface area contributed by atoms with Crippen LogP contribution in [0.25, 0.3) is 0 Å². The van der Waals surface area contributed by atoms with Crippen LogP contribution in [0.15, 0.2) is 50.0 Å². The SMILES string of the molecule is CCC(C)Sc1nc2c(c(=O)[nH]1)C(c1ccc(Br)cc1)C1=C(CC(C)(C)CC1=O)N2. The Bertz CT molecular complexity index is 1090. The number of ketones is 1. The van der Waals surface area contributed by atoms with E-state index in [0.29, 0.717) is 33.8 Å². The standard InChI is InChI=1S/C23H26BrN3O2S/c1-5-12(2)30-22-26-20-19(21(29)27-22)17(13-6-8-14(24)9-7-13)18-15(25-20)10-23(3,4)11-16(18)28/h6-9,12,17H,5,10-11H2,1-4H3,(H2,25,26,27,29). The molecular formula is C23H26BrN3O2S. The van der Waals surface area contributed by atoms with Crippen molar-refractivity contribution >= 4 is 39.3 Å². The number of allylic oxidation sites excluding steroid dienone is 2. The van der Waals surface area contributed by atoms with Crippen molar-refractivity contribution in [1.82, 2.24) is 9.97 Å². The molecule has 7 heteroatoms. The number of nitrogens with one attached hydrogen (secondary N) is 2. The third-order valence-electron chi connectivity index (χ3n) is 5.79. The second-order valence-electron chi connectivity index (χ2n) is 8.91. The van der Waals surface area contributed by atoms with Crippen molar-refractivity contribution in [1.29, 1.82) is 0 Å². The largest absolute Gasteiger partial charge is 0.343 e. The van der Waals surface area contributed by atoms with E-state index in [-0.39, 0.29) is 16.8 Å². The number of halogens is 1. The molecule has 2 aliphatic rings. The lowest BCUT2D eigenvalue weighted by atomic mass is 9.69. The van der Waals surface area contributed by atoms with E-state index in [1.807, 2.05) is 24.3 Å². The van der Waals surface area contributed by atoms with E-state index in [0.717, 1.165) is 28.6 Å². The van der Waals surface area contributed by atoms with Crippen LogP contribution in [0.5, 0.6) is 0 Å². The summed E-state index contributed by atoms with van der Waals surface area (Å²) in [6.07, 6.45) is 2.21. The smallest absolute Gasteiger partial charge is 0.257 e. The first-order valence-corrected chi connectivity index (χ1v) is 12.0. The highest BCUT2D eigenvalue weighted by Crippen LogP contribution is 2.47. The number of hydrogen-bond acceptors (Lipinski definition) is 5. The van der Waals surface area contributed by atoms with Gasteiger partial charge in [-0.15, -0.1) is 0 Å². The molecule has 1 aliphatic heterocycles. The van der Waals surface area contributed by atoms with Gasteiger partial charge < -0.3 is 10.3 Å². The van der Waals surface area contributed by atoms with Crippen molar-refractivity contribution < 1.29 is 4.79 Å². The number of carbonyl (C=O) groups is 1. The monoisotopic (exact) mass is 487 g/mol. The molecule has 158 valence electrons. The van der Waals surface area contributed by atoms with Crippen LogP contribution >= 0.6 is 27.7 Å². The zero-order chi connectivity index (χ0) is 21.6. The predicted molar refractivity (Wildman–Crippen MR) is 125 cm³/mol. The first-order valence-electron chi connectivity index (χ1n) is 10.3. The van der Waals surface area contributed by atoms with E-state index in [2.05, 4.69) is 53.9 Å². The minimum absolute atomic E-state index is 0.102. The van der Waals surface area contributed by atoms with Gasteiger partial charge in [-0.3, -0.25) is 9.59 Å². The van der Waals surface area contributed by atoms with Crippen LogP contribution in [0.3, 0.4) is 0 Å². The highest BCUT2D eigenvalue weighted by atomic mass is 79.9. The quantitative estimate of drug-likeness (QED) is 0.432. The number of aromatic amines is 1. The molecule has 0 amide bonds. The third kappa shape index (κ3) is 4.02. The lowest BCUT2D eigenvalue weighted by Crippen LogP contribution is -2.37. The molecule has 1 aromatic carbocycles. The fraction of sp³-hybridized carbons (Fsp3) is 0.435. The molecule has 30 heavy (non-hydrogen) atoms. The van der Waals surface area contributed by atoms with E-state index >= 15 is 0 Å². The number of nitrogens with zero attached hydrogens (tertiary/aromatic N) is 1. The van der Waals surface area contributed by atoms with Crippen LogP contribution in [0.2, 0.25) is 0 Å². The maximum Gasteiger partial charge on any atom is 0.257 e. The molecule has 5 nitrogen and oxygen atoms in total. The number of hydrogen-bond donors (Lipinski definition) is 2. The van der Waals surface area contributed by atoms with Crippen LogP contribution in [0, 0.1) is 5.41 Å². The average molecular weight is 488 g/mol. The zero-order valence-electron chi connectivity index (χ0n) is 17.6. The first-order chi connectivity index (χ1) is 14.2. The molecule has 0 radical (unpaired) electrons. The Morgan fingerprint density at radius 3 is 2.60 bits per heavy atom. The van der Waals surface area contributed by atoms with Gasteiger partial charge in [0, 0.05) is 33.3 Å². The summed E-state index contributed by atoms with van der Waals surface area (Å²) < 4.78 is 0.957. The number of benzene rings is 1. The fourth-order valence-corrected chi connectivity index (χ4v) is 5.32. The van der Waals surface area contributed by atoms with Crippen LogP contribution < -0.4 is 10.9 Å². The van der Waals surface area contributed by atoms with Gasteiger partial charge in [-0.1, -0.05) is 67.5 Å². The maximum atomic E-state index is 13.2. The molecule has 0 bridgehead atoms. The van der Waals surface area contributed by atoms with Crippen LogP contribution in [0.1, 0.15) is 64.0 Å². The summed E-state index contributed by atoms with van der Waals surface area (Å²) in [6, 6.07) is 7.85. The Hall–Kier alpha value is -1.86. The van der Waals surface area contributed by atoms with E-state index in [4.69, 9.17) is 4.98 Å². The van der Waals surface area contributed by atoms with Gasteiger partial charge in [0.05, 0.1) is 5.56 Å². The first kappa shape index (κ1) is 21.4. The zero-order valence-corrected chi connectivity index (χ0v) is 20.0. The minimum atomic E-state index is -0.410. The van der Waals surface area contributed by atoms with Crippen molar-refractivity contribution in [2.45, 2.75) is 63.3 Å². The van der Waals surface area contributed by atoms with E-state index in [1.54, 1.807) is 11.8 Å². The molecule has 2 atom stereocenters. The van der Waals surface area contributed by atoms with E-state index < -0.39 is 5.92 Å². The summed E-state index contributed by atoms with van der Waals surface area (Å²) in [4.78, 5) is 34.2. The Morgan fingerprint density at radius 1 is 1.23 bits per heavy atom. The molecule has 2 heterocycles. The Morgan fingerprint density at radius 2 is 1.93 bits per heavy atom. The van der Waals surface area contributed by atoms with Gasteiger partial charge >= 0.3 is 0 Å². The van der Waals surface area contributed by atoms with E-state index in [1.165, 1.54) is 0 Å². The van der Waals surface area contributed by atoms with Gasteiger partial charge in [0.15, 0.2) is 10.9 Å². The number of thioether (sulfide) groups is 1. The summed E-state index contributed by atoms with van der Waals surface area (Å²) in [5, 5.41) is 4.33. The van der Waals surface area contributed by atoms with Gasteiger partial charge in [-0.25, -0.2) is 4.98 Å². The number of rotatable bonds is 4. The maximum absolute atomic E-state index is 13.2. The molecule has 2 unspecified atom stereocenters. The lowest BCUT2D eigenvalue weighted by molar-refractivity contribution is -0.118. The van der Waals surface area contributed by atoms with Crippen molar-refractivity contribution in [3.63, 3.8) is 0 Å². The van der Waals surface area contributed by atoms with Crippen LogP contribution in [0.4, 0.5) is 5.82 Å². The predicted octanol–water partition coefficient (Wildman–Crippen LogP) is 5.62. The van der Waals surface area contributed by atoms with E-state index in [9.17, 15) is 9.59 Å². The molecule has 2 aromatic rings. The third-order valence-corrected chi connectivity index (χ3v) is 7.47. The topological polar surface area (TPSA) is 74.8 Å². The van der Waals surface area contributed by atoms with Gasteiger partial charge in [0.2, 0.25) is 0 Å². The second kappa shape index (κ2) is 8.00. The molecule has 0 fully saturated rings. The van der Waals surface area contributed by atoms with Crippen molar-refractivity contribution in [2.75, 3.05) is 5.32 Å². The van der Waals surface area contributed by atoms with Crippen molar-refractivity contribution in [2.24, 2.45) is 5.41 Å². The molecule has 1 aliphatic carbocycles. The average Bonchev–Trinajstić information content (AvgIpc) is 2.66. The molecule has 1 aromatic heterocycles. The molecule has 4 rings (SSSR count).